The lowest BCUT2D eigenvalue weighted by molar-refractivity contribution is -0.137. The Hall–Kier alpha value is -0.990. The summed E-state index contributed by atoms with van der Waals surface area (Å²) < 4.78 is 38.6. The number of hydrogen-bond donors (Lipinski definition) is 0. The summed E-state index contributed by atoms with van der Waals surface area (Å²) in [6, 6.07) is 4.33. The molecule has 0 radical (unpaired) electrons. The van der Waals surface area contributed by atoms with Crippen LogP contribution in [-0.4, -0.2) is 4.57 Å². The highest BCUT2D eigenvalue weighted by molar-refractivity contribution is 7.79. The molecule has 2 rings (SSSR count). The molecule has 0 fully saturated rings. The van der Waals surface area contributed by atoms with Crippen molar-refractivity contribution < 1.29 is 13.2 Å². The molecular formula is C9H4F3NOS3. The summed E-state index contributed by atoms with van der Waals surface area (Å²) in [6.45, 7) is 0. The maximum absolute atomic E-state index is 12.3. The van der Waals surface area contributed by atoms with Crippen molar-refractivity contribution in [2.24, 2.45) is 0 Å². The van der Waals surface area contributed by atoms with Gasteiger partial charge in [-0.15, -0.1) is 0 Å². The van der Waals surface area contributed by atoms with E-state index in [0.29, 0.717) is 9.64 Å². The number of halogens is 3. The van der Waals surface area contributed by atoms with Gasteiger partial charge in [0.05, 0.1) is 11.3 Å². The standard InChI is InChI=1S/C9H4F3NOS3/c10-9(11,12)5-1-3-6(4-2-5)13-7(14)16-17-8(13)15/h1-4H. The van der Waals surface area contributed by atoms with E-state index in [1.165, 1.54) is 16.7 Å². The van der Waals surface area contributed by atoms with Gasteiger partial charge in [-0.1, -0.05) is 0 Å². The molecule has 1 aromatic carbocycles. The predicted octanol–water partition coefficient (Wildman–Crippen LogP) is 3.71. The first-order chi connectivity index (χ1) is 7.89. The van der Waals surface area contributed by atoms with Crippen LogP contribution in [0.4, 0.5) is 13.2 Å². The SMILES string of the molecule is O=c1ssc(=S)n1-c1ccc(C(F)(F)F)cc1. The second-order valence-corrected chi connectivity index (χ2v) is 5.79. The molecule has 17 heavy (non-hydrogen) atoms. The predicted molar refractivity (Wildman–Crippen MR) is 63.6 cm³/mol. The number of aromatic nitrogens is 1. The summed E-state index contributed by atoms with van der Waals surface area (Å²) in [5.74, 6) is 0. The lowest BCUT2D eigenvalue weighted by Gasteiger charge is -2.07. The monoisotopic (exact) mass is 295 g/mol. The number of rotatable bonds is 1. The Bertz CT molecular complexity index is 607. The highest BCUT2D eigenvalue weighted by atomic mass is 32.9. The molecule has 8 heteroatoms. The lowest BCUT2D eigenvalue weighted by Crippen LogP contribution is -2.11. The molecular weight excluding hydrogens is 291 g/mol. The zero-order valence-electron chi connectivity index (χ0n) is 8.02. The minimum atomic E-state index is -4.38. The van der Waals surface area contributed by atoms with Crippen molar-refractivity contribution in [3.05, 3.63) is 43.5 Å². The Morgan fingerprint density at radius 3 is 2.12 bits per heavy atom. The Balaban J connectivity index is 2.51. The molecule has 0 atom stereocenters. The quantitative estimate of drug-likeness (QED) is 0.591. The van der Waals surface area contributed by atoms with E-state index in [-0.39, 0.29) is 4.87 Å². The van der Waals surface area contributed by atoms with Crippen LogP contribution in [0.25, 0.3) is 5.69 Å². The van der Waals surface area contributed by atoms with Crippen LogP contribution in [0.3, 0.4) is 0 Å². The molecule has 0 unspecified atom stereocenters. The first kappa shape index (κ1) is 12.5. The van der Waals surface area contributed by atoms with Gasteiger partial charge in [-0.05, 0) is 57.2 Å². The minimum absolute atomic E-state index is 0.292. The topological polar surface area (TPSA) is 22.0 Å². The molecule has 0 spiro atoms. The van der Waals surface area contributed by atoms with Crippen LogP contribution in [-0.2, 0) is 6.18 Å². The van der Waals surface area contributed by atoms with Crippen molar-refractivity contribution in [3.8, 4) is 5.69 Å². The molecule has 1 aromatic heterocycles. The van der Waals surface area contributed by atoms with Crippen LogP contribution in [0, 0.1) is 3.95 Å². The Morgan fingerprint density at radius 2 is 1.71 bits per heavy atom. The van der Waals surface area contributed by atoms with Crippen LogP contribution in [0.2, 0.25) is 0 Å². The van der Waals surface area contributed by atoms with E-state index in [1.807, 2.05) is 0 Å². The molecule has 1 heterocycles. The smallest absolute Gasteiger partial charge is 0.255 e. The van der Waals surface area contributed by atoms with Crippen molar-refractivity contribution in [1.82, 2.24) is 4.57 Å². The van der Waals surface area contributed by atoms with Crippen LogP contribution in [0.5, 0.6) is 0 Å². The Kier molecular flexibility index (Phi) is 3.19. The van der Waals surface area contributed by atoms with E-state index < -0.39 is 11.7 Å². The van der Waals surface area contributed by atoms with Crippen molar-refractivity contribution in [1.29, 1.82) is 0 Å². The summed E-state index contributed by atoms with van der Waals surface area (Å²) >= 11 is 4.93. The maximum Gasteiger partial charge on any atom is 0.416 e. The highest BCUT2D eigenvalue weighted by Gasteiger charge is 2.30. The summed E-state index contributed by atoms with van der Waals surface area (Å²) in [6.07, 6.45) is -4.38. The number of nitrogens with zero attached hydrogens (tertiary/aromatic N) is 1. The van der Waals surface area contributed by atoms with Crippen molar-refractivity contribution in [2.45, 2.75) is 6.18 Å². The van der Waals surface area contributed by atoms with Crippen molar-refractivity contribution in [3.63, 3.8) is 0 Å². The molecule has 0 saturated carbocycles. The first-order valence-corrected chi connectivity index (χ1v) is 6.85. The third-order valence-electron chi connectivity index (χ3n) is 2.00. The maximum atomic E-state index is 12.3. The van der Waals surface area contributed by atoms with Gasteiger partial charge in [0.1, 0.15) is 0 Å². The highest BCUT2D eigenvalue weighted by Crippen LogP contribution is 2.29. The molecule has 0 aliphatic heterocycles. The largest absolute Gasteiger partial charge is 0.416 e. The zero-order chi connectivity index (χ0) is 12.6. The third kappa shape index (κ3) is 2.48. The molecule has 2 aromatic rings. The number of alkyl halides is 3. The summed E-state index contributed by atoms with van der Waals surface area (Å²) in [7, 11) is 2.08. The minimum Gasteiger partial charge on any atom is -0.255 e. The fraction of sp³-hybridized carbons (Fsp3) is 0.111. The lowest BCUT2D eigenvalue weighted by atomic mass is 10.2. The number of benzene rings is 1. The van der Waals surface area contributed by atoms with Crippen LogP contribution in [0.1, 0.15) is 5.56 Å². The Labute approximate surface area is 106 Å². The van der Waals surface area contributed by atoms with E-state index >= 15 is 0 Å². The van der Waals surface area contributed by atoms with E-state index in [2.05, 4.69) is 0 Å². The third-order valence-corrected chi connectivity index (χ3v) is 4.64. The molecule has 0 bridgehead atoms. The summed E-state index contributed by atoms with van der Waals surface area (Å²) in [5.41, 5.74) is -0.398. The molecule has 0 aliphatic carbocycles. The normalized spacial score (nSPS) is 11.7. The van der Waals surface area contributed by atoms with Crippen LogP contribution < -0.4 is 4.87 Å². The first-order valence-electron chi connectivity index (χ1n) is 4.29. The van der Waals surface area contributed by atoms with Crippen molar-refractivity contribution >= 4 is 32.9 Å². The van der Waals surface area contributed by atoms with E-state index in [0.717, 1.165) is 32.8 Å². The van der Waals surface area contributed by atoms with Crippen LogP contribution >= 0.6 is 32.9 Å². The van der Waals surface area contributed by atoms with E-state index in [9.17, 15) is 18.0 Å². The van der Waals surface area contributed by atoms with Gasteiger partial charge in [0.2, 0.25) is 0 Å². The number of hydrogen-bond acceptors (Lipinski definition) is 4. The van der Waals surface area contributed by atoms with Gasteiger partial charge in [0.15, 0.2) is 3.95 Å². The molecule has 0 amide bonds. The summed E-state index contributed by atoms with van der Waals surface area (Å²) in [5, 5.41) is 0. The molecule has 2 nitrogen and oxygen atoms in total. The summed E-state index contributed by atoms with van der Waals surface area (Å²) in [4.78, 5) is 11.1. The van der Waals surface area contributed by atoms with E-state index in [4.69, 9.17) is 12.2 Å². The van der Waals surface area contributed by atoms with Crippen LogP contribution in [0.15, 0.2) is 29.1 Å². The average Bonchev–Trinajstić information content (AvgIpc) is 2.58. The zero-order valence-corrected chi connectivity index (χ0v) is 10.5. The van der Waals surface area contributed by atoms with Gasteiger partial charge >= 0.3 is 11.0 Å². The van der Waals surface area contributed by atoms with Crippen molar-refractivity contribution in [2.75, 3.05) is 0 Å². The van der Waals surface area contributed by atoms with Gasteiger partial charge in [-0.3, -0.25) is 4.79 Å². The van der Waals surface area contributed by atoms with Gasteiger partial charge < -0.3 is 0 Å². The average molecular weight is 295 g/mol. The molecule has 90 valence electrons. The fourth-order valence-electron chi connectivity index (χ4n) is 1.23. The Morgan fingerprint density at radius 1 is 1.12 bits per heavy atom. The van der Waals surface area contributed by atoms with Gasteiger partial charge in [-0.25, -0.2) is 4.57 Å². The fourth-order valence-corrected chi connectivity index (χ4v) is 3.39. The van der Waals surface area contributed by atoms with E-state index in [1.54, 1.807) is 0 Å². The molecule has 0 N–H and O–H groups in total. The van der Waals surface area contributed by atoms with Gasteiger partial charge in [0, 0.05) is 0 Å². The van der Waals surface area contributed by atoms with Gasteiger partial charge in [0.25, 0.3) is 0 Å². The van der Waals surface area contributed by atoms with Gasteiger partial charge in [-0.2, -0.15) is 13.2 Å². The second-order valence-electron chi connectivity index (χ2n) is 3.08. The molecule has 0 saturated heterocycles. The second kappa shape index (κ2) is 4.35. The molecule has 0 aliphatic rings.